The van der Waals surface area contributed by atoms with Crippen molar-refractivity contribution in [3.63, 3.8) is 0 Å². The fourth-order valence-electron chi connectivity index (χ4n) is 2.19. The molecular formula is C14H19NOSSi. The highest BCUT2D eigenvalue weighted by molar-refractivity contribution is 7.23. The number of nitrogens with one attached hydrogen (secondary N) is 1. The molecule has 0 atom stereocenters. The third-order valence-electron chi connectivity index (χ3n) is 2.89. The Kier molecular flexibility index (Phi) is 3.59. The number of thiophene rings is 1. The van der Waals surface area contributed by atoms with Gasteiger partial charge in [0.15, 0.2) is 0 Å². The van der Waals surface area contributed by atoms with Crippen LogP contribution in [0.2, 0.25) is 19.6 Å². The van der Waals surface area contributed by atoms with E-state index in [1.165, 1.54) is 15.3 Å². The standard InChI is InChI=1S/C14H19NOSSi/c1-5-15-14(16)12-13(18(2,3)4)10-8-6-7-9-11(10)17-12/h6-9H,5H2,1-4H3,(H,15,16). The van der Waals surface area contributed by atoms with Crippen molar-refractivity contribution in [1.29, 1.82) is 0 Å². The summed E-state index contributed by atoms with van der Waals surface area (Å²) in [6.07, 6.45) is 0. The topological polar surface area (TPSA) is 29.1 Å². The van der Waals surface area contributed by atoms with Crippen LogP contribution in [0.15, 0.2) is 24.3 Å². The van der Waals surface area contributed by atoms with Crippen LogP contribution in [0.3, 0.4) is 0 Å². The number of carbonyl (C=O) groups excluding carboxylic acids is 1. The first-order chi connectivity index (χ1) is 8.45. The molecule has 2 aromatic rings. The molecule has 0 fully saturated rings. The summed E-state index contributed by atoms with van der Waals surface area (Å²) >= 11 is 1.62. The number of fused-ring (bicyclic) bond motifs is 1. The molecule has 2 nitrogen and oxygen atoms in total. The van der Waals surface area contributed by atoms with Crippen molar-refractivity contribution in [1.82, 2.24) is 5.32 Å². The van der Waals surface area contributed by atoms with Crippen LogP contribution in [0.25, 0.3) is 10.1 Å². The third-order valence-corrected chi connectivity index (χ3v) is 6.26. The minimum Gasteiger partial charge on any atom is -0.352 e. The zero-order valence-corrected chi connectivity index (χ0v) is 13.1. The number of rotatable bonds is 3. The highest BCUT2D eigenvalue weighted by atomic mass is 32.1. The van der Waals surface area contributed by atoms with Crippen molar-refractivity contribution in [2.75, 3.05) is 6.54 Å². The molecule has 0 spiro atoms. The Morgan fingerprint density at radius 3 is 2.56 bits per heavy atom. The first kappa shape index (κ1) is 13.3. The molecule has 0 aliphatic heterocycles. The van der Waals surface area contributed by atoms with Gasteiger partial charge in [-0.05, 0) is 23.6 Å². The maximum absolute atomic E-state index is 12.2. The predicted octanol–water partition coefficient (Wildman–Crippen LogP) is 3.20. The number of carbonyl (C=O) groups is 1. The summed E-state index contributed by atoms with van der Waals surface area (Å²) < 4.78 is 1.22. The second-order valence-electron chi connectivity index (χ2n) is 5.41. The van der Waals surface area contributed by atoms with Crippen molar-refractivity contribution >= 4 is 40.6 Å². The Morgan fingerprint density at radius 2 is 1.94 bits per heavy atom. The molecule has 18 heavy (non-hydrogen) atoms. The molecule has 1 N–H and O–H groups in total. The number of hydrogen-bond donors (Lipinski definition) is 1. The average molecular weight is 277 g/mol. The zero-order chi connectivity index (χ0) is 13.3. The molecule has 0 aliphatic carbocycles. The van der Waals surface area contributed by atoms with Crippen molar-refractivity contribution in [3.05, 3.63) is 29.1 Å². The zero-order valence-electron chi connectivity index (χ0n) is 11.3. The van der Waals surface area contributed by atoms with E-state index in [1.54, 1.807) is 11.3 Å². The molecule has 0 aliphatic rings. The van der Waals surface area contributed by atoms with Gasteiger partial charge >= 0.3 is 0 Å². The van der Waals surface area contributed by atoms with Crippen LogP contribution in [0.1, 0.15) is 16.6 Å². The summed E-state index contributed by atoms with van der Waals surface area (Å²) in [6.45, 7) is 9.52. The van der Waals surface area contributed by atoms with Gasteiger partial charge in [0.2, 0.25) is 0 Å². The summed E-state index contributed by atoms with van der Waals surface area (Å²) in [4.78, 5) is 13.1. The molecular weight excluding hydrogens is 258 g/mol. The molecule has 1 aromatic heterocycles. The van der Waals surface area contributed by atoms with Gasteiger partial charge in [0.05, 0.1) is 13.0 Å². The quantitative estimate of drug-likeness (QED) is 0.858. The van der Waals surface area contributed by atoms with E-state index in [1.807, 2.05) is 13.0 Å². The molecule has 0 saturated carbocycles. The first-order valence-corrected chi connectivity index (χ1v) is 10.6. The third kappa shape index (κ3) is 2.35. The van der Waals surface area contributed by atoms with Gasteiger partial charge in [-0.15, -0.1) is 11.3 Å². The fraction of sp³-hybridized carbons (Fsp3) is 0.357. The summed E-state index contributed by atoms with van der Waals surface area (Å²) in [6, 6.07) is 8.34. The van der Waals surface area contributed by atoms with Crippen LogP contribution < -0.4 is 10.5 Å². The molecule has 4 heteroatoms. The van der Waals surface area contributed by atoms with E-state index in [2.05, 4.69) is 43.2 Å². The van der Waals surface area contributed by atoms with Gasteiger partial charge in [0, 0.05) is 11.2 Å². The highest BCUT2D eigenvalue weighted by Gasteiger charge is 2.28. The summed E-state index contributed by atoms with van der Waals surface area (Å²) in [7, 11) is -1.53. The average Bonchev–Trinajstić information content (AvgIpc) is 2.68. The molecule has 1 amide bonds. The van der Waals surface area contributed by atoms with E-state index in [9.17, 15) is 4.79 Å². The van der Waals surface area contributed by atoms with Crippen molar-refractivity contribution in [3.8, 4) is 0 Å². The number of hydrogen-bond acceptors (Lipinski definition) is 2. The minimum atomic E-state index is -1.53. The maximum atomic E-state index is 12.2. The lowest BCUT2D eigenvalue weighted by atomic mass is 10.2. The fourth-order valence-corrected chi connectivity index (χ4v) is 6.20. The predicted molar refractivity (Wildman–Crippen MR) is 82.8 cm³/mol. The van der Waals surface area contributed by atoms with Crippen LogP contribution >= 0.6 is 11.3 Å². The van der Waals surface area contributed by atoms with Crippen LogP contribution in [-0.4, -0.2) is 20.5 Å². The second-order valence-corrected chi connectivity index (χ2v) is 11.5. The SMILES string of the molecule is CCNC(=O)c1sc2ccccc2c1[Si](C)(C)C. The van der Waals surface area contributed by atoms with Crippen molar-refractivity contribution in [2.24, 2.45) is 0 Å². The molecule has 96 valence electrons. The van der Waals surface area contributed by atoms with Gasteiger partial charge in [-0.25, -0.2) is 0 Å². The maximum Gasteiger partial charge on any atom is 0.261 e. The molecule has 1 aromatic carbocycles. The van der Waals surface area contributed by atoms with Gasteiger partial charge in [-0.1, -0.05) is 37.8 Å². The first-order valence-electron chi connectivity index (χ1n) is 6.25. The second kappa shape index (κ2) is 4.86. The molecule has 0 saturated heterocycles. The lowest BCUT2D eigenvalue weighted by Gasteiger charge is -2.17. The lowest BCUT2D eigenvalue weighted by Crippen LogP contribution is -2.42. The van der Waals surface area contributed by atoms with Crippen LogP contribution in [0.5, 0.6) is 0 Å². The Bertz CT molecular complexity index is 583. The number of benzene rings is 1. The Morgan fingerprint density at radius 1 is 1.28 bits per heavy atom. The van der Waals surface area contributed by atoms with Gasteiger partial charge in [0.1, 0.15) is 0 Å². The smallest absolute Gasteiger partial charge is 0.261 e. The van der Waals surface area contributed by atoms with E-state index in [0.29, 0.717) is 6.54 Å². The van der Waals surface area contributed by atoms with E-state index >= 15 is 0 Å². The van der Waals surface area contributed by atoms with E-state index < -0.39 is 8.07 Å². The highest BCUT2D eigenvalue weighted by Crippen LogP contribution is 2.26. The molecule has 0 radical (unpaired) electrons. The van der Waals surface area contributed by atoms with Gasteiger partial charge in [0.25, 0.3) is 5.91 Å². The summed E-state index contributed by atoms with van der Waals surface area (Å²) in [5.41, 5.74) is 0. The summed E-state index contributed by atoms with van der Waals surface area (Å²) in [5, 5.41) is 5.50. The van der Waals surface area contributed by atoms with Gasteiger partial charge in [-0.2, -0.15) is 0 Å². The van der Waals surface area contributed by atoms with E-state index in [4.69, 9.17) is 0 Å². The Labute approximate surface area is 113 Å². The van der Waals surface area contributed by atoms with Gasteiger partial charge in [-0.3, -0.25) is 4.79 Å². The minimum absolute atomic E-state index is 0.0797. The van der Waals surface area contributed by atoms with Crippen LogP contribution in [0, 0.1) is 0 Å². The molecule has 0 bridgehead atoms. The summed E-state index contributed by atoms with van der Waals surface area (Å²) in [5.74, 6) is 0.0797. The molecule has 0 unspecified atom stereocenters. The normalized spacial score (nSPS) is 11.8. The van der Waals surface area contributed by atoms with Crippen molar-refractivity contribution in [2.45, 2.75) is 26.6 Å². The monoisotopic (exact) mass is 277 g/mol. The van der Waals surface area contributed by atoms with Crippen LogP contribution in [0.4, 0.5) is 0 Å². The Hall–Kier alpha value is -1.13. The van der Waals surface area contributed by atoms with Crippen molar-refractivity contribution < 1.29 is 4.79 Å². The largest absolute Gasteiger partial charge is 0.352 e. The van der Waals surface area contributed by atoms with Crippen LogP contribution in [-0.2, 0) is 0 Å². The van der Waals surface area contributed by atoms with E-state index in [-0.39, 0.29) is 5.91 Å². The molecule has 1 heterocycles. The Balaban J connectivity index is 2.68. The van der Waals surface area contributed by atoms with E-state index in [0.717, 1.165) is 4.88 Å². The number of amides is 1. The molecule has 2 rings (SSSR count). The lowest BCUT2D eigenvalue weighted by molar-refractivity contribution is 0.0961. The van der Waals surface area contributed by atoms with Gasteiger partial charge < -0.3 is 5.32 Å².